The molecule has 0 unspecified atom stereocenters. The van der Waals surface area contributed by atoms with Gasteiger partial charge in [-0.15, -0.1) is 0 Å². The number of hydrogen-bond donors (Lipinski definition) is 0. The van der Waals surface area contributed by atoms with Crippen LogP contribution >= 0.6 is 0 Å². The summed E-state index contributed by atoms with van der Waals surface area (Å²) >= 11 is 0. The van der Waals surface area contributed by atoms with Crippen molar-refractivity contribution < 1.29 is 19.0 Å². The molecule has 2 aromatic carbocycles. The molecule has 0 saturated carbocycles. The Kier molecular flexibility index (Phi) is 6.11. The van der Waals surface area contributed by atoms with Gasteiger partial charge < -0.3 is 19.1 Å². The first-order chi connectivity index (χ1) is 13.6. The first-order valence-corrected chi connectivity index (χ1v) is 8.72. The fraction of sp³-hybridized carbons (Fsp3) is 0.182. The van der Waals surface area contributed by atoms with E-state index in [4.69, 9.17) is 14.2 Å². The molecule has 3 rings (SSSR count). The van der Waals surface area contributed by atoms with Crippen molar-refractivity contribution in [1.82, 2.24) is 4.98 Å². The van der Waals surface area contributed by atoms with Crippen LogP contribution in [0, 0.1) is 0 Å². The van der Waals surface area contributed by atoms with Crippen LogP contribution in [-0.2, 0) is 6.54 Å². The van der Waals surface area contributed by atoms with Crippen LogP contribution in [0.5, 0.6) is 17.2 Å². The van der Waals surface area contributed by atoms with E-state index in [-0.39, 0.29) is 5.91 Å². The zero-order chi connectivity index (χ0) is 19.9. The van der Waals surface area contributed by atoms with Crippen molar-refractivity contribution in [2.24, 2.45) is 0 Å². The molecule has 0 fully saturated rings. The molecule has 0 spiro atoms. The van der Waals surface area contributed by atoms with Gasteiger partial charge in [-0.25, -0.2) is 0 Å². The Balaban J connectivity index is 2.01. The molecule has 1 aromatic heterocycles. The van der Waals surface area contributed by atoms with Gasteiger partial charge in [0.25, 0.3) is 5.91 Å². The Labute approximate surface area is 164 Å². The first kappa shape index (κ1) is 19.2. The zero-order valence-corrected chi connectivity index (χ0v) is 16.1. The number of rotatable bonds is 7. The first-order valence-electron chi connectivity index (χ1n) is 8.72. The molecule has 1 amide bonds. The number of pyridine rings is 1. The Morgan fingerprint density at radius 2 is 1.54 bits per heavy atom. The molecule has 0 aliphatic carbocycles. The Morgan fingerprint density at radius 3 is 2.07 bits per heavy atom. The number of carbonyl (C=O) groups is 1. The summed E-state index contributed by atoms with van der Waals surface area (Å²) in [4.78, 5) is 19.2. The standard InChI is InChI=1S/C22H22N2O4/c1-26-19-8-6-18(7-9-19)24(15-16-5-4-10-23-14-16)22(25)17-11-20(27-2)13-21(12-17)28-3/h4-14H,15H2,1-3H3. The third-order valence-electron chi connectivity index (χ3n) is 4.29. The molecule has 0 N–H and O–H groups in total. The molecule has 0 atom stereocenters. The lowest BCUT2D eigenvalue weighted by atomic mass is 10.1. The maximum atomic E-state index is 13.4. The monoisotopic (exact) mass is 378 g/mol. The Hall–Kier alpha value is -3.54. The predicted molar refractivity (Wildman–Crippen MR) is 107 cm³/mol. The van der Waals surface area contributed by atoms with Crippen molar-refractivity contribution in [3.8, 4) is 17.2 Å². The second kappa shape index (κ2) is 8.90. The average molecular weight is 378 g/mol. The van der Waals surface area contributed by atoms with E-state index >= 15 is 0 Å². The molecule has 3 aromatic rings. The molecule has 1 heterocycles. The number of carbonyl (C=O) groups excluding carboxylic acids is 1. The third kappa shape index (κ3) is 4.40. The van der Waals surface area contributed by atoms with E-state index in [9.17, 15) is 4.79 Å². The summed E-state index contributed by atoms with van der Waals surface area (Å²) in [7, 11) is 4.72. The van der Waals surface area contributed by atoms with Gasteiger partial charge >= 0.3 is 0 Å². The second-order valence-electron chi connectivity index (χ2n) is 6.05. The lowest BCUT2D eigenvalue weighted by molar-refractivity contribution is 0.0984. The van der Waals surface area contributed by atoms with Crippen LogP contribution in [0.15, 0.2) is 67.0 Å². The minimum absolute atomic E-state index is 0.175. The summed E-state index contributed by atoms with van der Waals surface area (Å²) < 4.78 is 15.8. The number of anilines is 1. The minimum atomic E-state index is -0.175. The molecular weight excluding hydrogens is 356 g/mol. The quantitative estimate of drug-likeness (QED) is 0.623. The van der Waals surface area contributed by atoms with Crippen LogP contribution in [0.1, 0.15) is 15.9 Å². The molecule has 144 valence electrons. The van der Waals surface area contributed by atoms with Crippen molar-refractivity contribution in [1.29, 1.82) is 0 Å². The summed E-state index contributed by atoms with van der Waals surface area (Å²) in [6.45, 7) is 0.374. The maximum Gasteiger partial charge on any atom is 0.258 e. The van der Waals surface area contributed by atoms with Crippen LogP contribution in [0.25, 0.3) is 0 Å². The fourth-order valence-electron chi connectivity index (χ4n) is 2.80. The Bertz CT molecular complexity index is 905. The molecule has 6 nitrogen and oxygen atoms in total. The van der Waals surface area contributed by atoms with E-state index in [1.807, 2.05) is 36.4 Å². The largest absolute Gasteiger partial charge is 0.497 e. The zero-order valence-electron chi connectivity index (χ0n) is 16.1. The van der Waals surface area contributed by atoms with Crippen molar-refractivity contribution in [2.75, 3.05) is 26.2 Å². The van der Waals surface area contributed by atoms with Gasteiger partial charge in [0.1, 0.15) is 17.2 Å². The van der Waals surface area contributed by atoms with E-state index < -0.39 is 0 Å². The average Bonchev–Trinajstić information content (AvgIpc) is 2.77. The number of ether oxygens (including phenoxy) is 3. The smallest absolute Gasteiger partial charge is 0.258 e. The second-order valence-corrected chi connectivity index (χ2v) is 6.05. The van der Waals surface area contributed by atoms with E-state index in [0.29, 0.717) is 23.6 Å². The molecular formula is C22H22N2O4. The molecule has 0 radical (unpaired) electrons. The van der Waals surface area contributed by atoms with Gasteiger partial charge in [-0.1, -0.05) is 6.07 Å². The van der Waals surface area contributed by atoms with E-state index in [2.05, 4.69) is 4.98 Å². The van der Waals surface area contributed by atoms with Gasteiger partial charge in [-0.3, -0.25) is 9.78 Å². The molecule has 0 aliphatic rings. The van der Waals surface area contributed by atoms with Gasteiger partial charge in [0, 0.05) is 29.7 Å². The normalized spacial score (nSPS) is 10.2. The maximum absolute atomic E-state index is 13.4. The number of hydrogen-bond acceptors (Lipinski definition) is 5. The van der Waals surface area contributed by atoms with Gasteiger partial charge in [0.2, 0.25) is 0 Å². The Morgan fingerprint density at radius 1 is 0.893 bits per heavy atom. The molecule has 0 aliphatic heterocycles. The van der Waals surface area contributed by atoms with E-state index in [1.165, 1.54) is 0 Å². The summed E-state index contributed by atoms with van der Waals surface area (Å²) in [5, 5.41) is 0. The van der Waals surface area contributed by atoms with Crippen LogP contribution in [0.4, 0.5) is 5.69 Å². The molecule has 0 saturated heterocycles. The topological polar surface area (TPSA) is 60.9 Å². The van der Waals surface area contributed by atoms with Gasteiger partial charge in [0.05, 0.1) is 27.9 Å². The third-order valence-corrected chi connectivity index (χ3v) is 4.29. The van der Waals surface area contributed by atoms with Crippen LogP contribution in [0.2, 0.25) is 0 Å². The number of nitrogens with zero attached hydrogens (tertiary/aromatic N) is 2. The minimum Gasteiger partial charge on any atom is -0.497 e. The predicted octanol–water partition coefficient (Wildman–Crippen LogP) is 3.95. The number of methoxy groups -OCH3 is 3. The molecule has 28 heavy (non-hydrogen) atoms. The highest BCUT2D eigenvalue weighted by Gasteiger charge is 2.20. The van der Waals surface area contributed by atoms with Crippen LogP contribution in [0.3, 0.4) is 0 Å². The number of amides is 1. The van der Waals surface area contributed by atoms with Crippen molar-refractivity contribution in [2.45, 2.75) is 6.54 Å². The highest BCUT2D eigenvalue weighted by molar-refractivity contribution is 6.06. The van der Waals surface area contributed by atoms with E-state index in [1.54, 1.807) is 56.8 Å². The van der Waals surface area contributed by atoms with Crippen LogP contribution in [-0.4, -0.2) is 32.2 Å². The molecule has 0 bridgehead atoms. The highest BCUT2D eigenvalue weighted by Crippen LogP contribution is 2.27. The van der Waals surface area contributed by atoms with Gasteiger partial charge in [-0.2, -0.15) is 0 Å². The summed E-state index contributed by atoms with van der Waals surface area (Å²) in [6.07, 6.45) is 3.45. The summed E-state index contributed by atoms with van der Waals surface area (Å²) in [6, 6.07) is 16.3. The van der Waals surface area contributed by atoms with Crippen molar-refractivity contribution in [3.63, 3.8) is 0 Å². The highest BCUT2D eigenvalue weighted by atomic mass is 16.5. The number of aromatic nitrogens is 1. The van der Waals surface area contributed by atoms with Gasteiger partial charge in [-0.05, 0) is 48.0 Å². The lowest BCUT2D eigenvalue weighted by Gasteiger charge is -2.24. The SMILES string of the molecule is COc1ccc(N(Cc2cccnc2)C(=O)c2cc(OC)cc(OC)c2)cc1. The van der Waals surface area contributed by atoms with Crippen molar-refractivity contribution in [3.05, 3.63) is 78.1 Å². The van der Waals surface area contributed by atoms with Crippen LogP contribution < -0.4 is 19.1 Å². The van der Waals surface area contributed by atoms with Gasteiger partial charge in [0.15, 0.2) is 0 Å². The fourth-order valence-corrected chi connectivity index (χ4v) is 2.80. The van der Waals surface area contributed by atoms with Crippen molar-refractivity contribution >= 4 is 11.6 Å². The summed E-state index contributed by atoms with van der Waals surface area (Å²) in [5.74, 6) is 1.66. The van der Waals surface area contributed by atoms with E-state index in [0.717, 1.165) is 17.0 Å². The summed E-state index contributed by atoms with van der Waals surface area (Å²) in [5.41, 5.74) is 2.13. The number of benzene rings is 2. The molecule has 6 heteroatoms. The lowest BCUT2D eigenvalue weighted by Crippen LogP contribution is -2.30.